The first-order chi connectivity index (χ1) is 8.91. The number of benzene rings is 1. The fourth-order valence-corrected chi connectivity index (χ4v) is 2.82. The Morgan fingerprint density at radius 3 is 2.42 bits per heavy atom. The zero-order valence-corrected chi connectivity index (χ0v) is 12.5. The van der Waals surface area contributed by atoms with Gasteiger partial charge < -0.3 is 5.73 Å². The van der Waals surface area contributed by atoms with Crippen LogP contribution in [0.2, 0.25) is 0 Å². The Kier molecular flexibility index (Phi) is 4.27. The Bertz CT molecular complexity index is 635. The normalized spacial score (nSPS) is 12.5. The quantitative estimate of drug-likeness (QED) is 0.778. The summed E-state index contributed by atoms with van der Waals surface area (Å²) >= 11 is 6.46. The summed E-state index contributed by atoms with van der Waals surface area (Å²) in [7, 11) is 0. The summed E-state index contributed by atoms with van der Waals surface area (Å²) < 4.78 is 41.0. The van der Waals surface area contributed by atoms with Crippen molar-refractivity contribution in [2.24, 2.45) is 5.73 Å². The molecule has 0 spiro atoms. The number of hydrogen-bond donors (Lipinski definition) is 1. The highest BCUT2D eigenvalue weighted by atomic mass is 79.9. The molecule has 1 unspecified atom stereocenters. The van der Waals surface area contributed by atoms with Crippen molar-refractivity contribution in [2.45, 2.75) is 6.04 Å². The molecule has 1 aromatic carbocycles. The number of pyridine rings is 1. The summed E-state index contributed by atoms with van der Waals surface area (Å²) in [6, 6.07) is 2.62. The molecular weight excluding hydrogens is 389 g/mol. The van der Waals surface area contributed by atoms with Gasteiger partial charge in [-0.2, -0.15) is 0 Å². The lowest BCUT2D eigenvalue weighted by Crippen LogP contribution is -2.17. The molecule has 2 rings (SSSR count). The van der Waals surface area contributed by atoms with Gasteiger partial charge in [0.1, 0.15) is 0 Å². The van der Waals surface area contributed by atoms with Crippen LogP contribution in [0.5, 0.6) is 0 Å². The van der Waals surface area contributed by atoms with Crippen LogP contribution in [0.3, 0.4) is 0 Å². The van der Waals surface area contributed by atoms with Gasteiger partial charge in [-0.1, -0.05) is 6.07 Å². The molecule has 0 saturated carbocycles. The van der Waals surface area contributed by atoms with E-state index in [2.05, 4.69) is 36.8 Å². The summed E-state index contributed by atoms with van der Waals surface area (Å²) in [6.45, 7) is 0. The maximum absolute atomic E-state index is 13.7. The van der Waals surface area contributed by atoms with Crippen LogP contribution in [0, 0.1) is 17.5 Å². The van der Waals surface area contributed by atoms with Crippen LogP contribution >= 0.6 is 31.9 Å². The first-order valence-corrected chi connectivity index (χ1v) is 6.70. The first kappa shape index (κ1) is 14.5. The number of nitrogens with two attached hydrogens (primary N) is 1. The van der Waals surface area contributed by atoms with Gasteiger partial charge in [-0.3, -0.25) is 4.98 Å². The third-order valence-electron chi connectivity index (χ3n) is 2.53. The lowest BCUT2D eigenvalue weighted by molar-refractivity contribution is 0.438. The van der Waals surface area contributed by atoms with Crippen LogP contribution in [0.4, 0.5) is 13.2 Å². The van der Waals surface area contributed by atoms with Gasteiger partial charge in [-0.15, -0.1) is 0 Å². The average molecular weight is 396 g/mol. The molecule has 0 amide bonds. The highest BCUT2D eigenvalue weighted by molar-refractivity contribution is 9.11. The Labute approximate surface area is 124 Å². The van der Waals surface area contributed by atoms with E-state index in [0.717, 1.165) is 12.1 Å². The molecule has 19 heavy (non-hydrogen) atoms. The van der Waals surface area contributed by atoms with Gasteiger partial charge in [0.15, 0.2) is 17.5 Å². The molecule has 0 bridgehead atoms. The van der Waals surface area contributed by atoms with Crippen LogP contribution < -0.4 is 5.73 Å². The molecule has 0 aliphatic carbocycles. The molecular formula is C12H7Br2F3N2. The molecule has 0 fully saturated rings. The van der Waals surface area contributed by atoms with E-state index in [9.17, 15) is 13.2 Å². The number of rotatable bonds is 2. The largest absolute Gasteiger partial charge is 0.319 e. The fraction of sp³-hybridized carbons (Fsp3) is 0.0833. The molecule has 1 atom stereocenters. The summed E-state index contributed by atoms with van der Waals surface area (Å²) in [4.78, 5) is 4.05. The Morgan fingerprint density at radius 1 is 1.11 bits per heavy atom. The van der Waals surface area contributed by atoms with E-state index >= 15 is 0 Å². The number of nitrogens with zero attached hydrogens (tertiary/aromatic N) is 1. The molecule has 0 radical (unpaired) electrons. The lowest BCUT2D eigenvalue weighted by atomic mass is 10.0. The van der Waals surface area contributed by atoms with Crippen LogP contribution in [0.15, 0.2) is 33.3 Å². The highest BCUT2D eigenvalue weighted by Crippen LogP contribution is 2.29. The zero-order chi connectivity index (χ0) is 14.2. The molecule has 0 aliphatic rings. The predicted molar refractivity (Wildman–Crippen MR) is 72.0 cm³/mol. The Balaban J connectivity index is 2.50. The second kappa shape index (κ2) is 5.60. The van der Waals surface area contributed by atoms with E-state index in [1.54, 1.807) is 6.07 Å². The van der Waals surface area contributed by atoms with Crippen molar-refractivity contribution in [3.05, 3.63) is 62.1 Å². The van der Waals surface area contributed by atoms with E-state index in [-0.39, 0.29) is 5.56 Å². The van der Waals surface area contributed by atoms with Gasteiger partial charge in [0.05, 0.1) is 11.7 Å². The van der Waals surface area contributed by atoms with E-state index in [1.165, 1.54) is 6.20 Å². The lowest BCUT2D eigenvalue weighted by Gasteiger charge is -2.14. The van der Waals surface area contributed by atoms with E-state index in [0.29, 0.717) is 14.6 Å². The number of halogens is 5. The van der Waals surface area contributed by atoms with Crippen molar-refractivity contribution in [1.82, 2.24) is 4.98 Å². The minimum atomic E-state index is -1.54. The Hall–Kier alpha value is -0.920. The second-order valence-electron chi connectivity index (χ2n) is 3.76. The van der Waals surface area contributed by atoms with Gasteiger partial charge in [-0.25, -0.2) is 13.2 Å². The molecule has 2 nitrogen and oxygen atoms in total. The molecule has 7 heteroatoms. The summed E-state index contributed by atoms with van der Waals surface area (Å²) in [5.74, 6) is -4.10. The van der Waals surface area contributed by atoms with E-state index in [4.69, 9.17) is 5.73 Å². The average Bonchev–Trinajstić information content (AvgIpc) is 2.35. The smallest absolute Gasteiger partial charge is 0.194 e. The molecule has 0 aliphatic heterocycles. The predicted octanol–water partition coefficient (Wildman–Crippen LogP) is 4.07. The summed E-state index contributed by atoms with van der Waals surface area (Å²) in [5.41, 5.74) is 6.02. The van der Waals surface area contributed by atoms with Crippen LogP contribution in [-0.4, -0.2) is 4.98 Å². The second-order valence-corrected chi connectivity index (χ2v) is 5.53. The maximum Gasteiger partial charge on any atom is 0.194 e. The molecule has 100 valence electrons. The van der Waals surface area contributed by atoms with Crippen LogP contribution in [-0.2, 0) is 0 Å². The van der Waals surface area contributed by atoms with Gasteiger partial charge in [0.2, 0.25) is 0 Å². The third-order valence-corrected chi connectivity index (χ3v) is 3.60. The fourth-order valence-electron chi connectivity index (χ4n) is 1.58. The van der Waals surface area contributed by atoms with Crippen LogP contribution in [0.1, 0.15) is 17.3 Å². The number of hydrogen-bond acceptors (Lipinski definition) is 2. The van der Waals surface area contributed by atoms with Crippen molar-refractivity contribution in [3.63, 3.8) is 0 Å². The number of aromatic nitrogens is 1. The topological polar surface area (TPSA) is 38.9 Å². The minimum Gasteiger partial charge on any atom is -0.319 e. The zero-order valence-electron chi connectivity index (χ0n) is 9.30. The SMILES string of the molecule is NC(c1ccc(F)c(F)c1F)c1ncc(Br)cc1Br. The standard InChI is InChI=1S/C12H7Br2F3N2/c13-5-3-7(14)12(19-4-5)11(18)6-1-2-8(15)10(17)9(6)16/h1-4,11H,18H2. The maximum atomic E-state index is 13.7. The monoisotopic (exact) mass is 394 g/mol. The van der Waals surface area contributed by atoms with Gasteiger partial charge in [0, 0.05) is 20.7 Å². The van der Waals surface area contributed by atoms with Crippen molar-refractivity contribution < 1.29 is 13.2 Å². The molecule has 1 heterocycles. The minimum absolute atomic E-state index is 0.158. The molecule has 2 N–H and O–H groups in total. The van der Waals surface area contributed by atoms with Crippen molar-refractivity contribution in [2.75, 3.05) is 0 Å². The van der Waals surface area contributed by atoms with Crippen molar-refractivity contribution in [1.29, 1.82) is 0 Å². The molecule has 2 aromatic rings. The highest BCUT2D eigenvalue weighted by Gasteiger charge is 2.22. The molecule has 0 saturated heterocycles. The Morgan fingerprint density at radius 2 is 1.79 bits per heavy atom. The van der Waals surface area contributed by atoms with E-state index < -0.39 is 23.5 Å². The first-order valence-electron chi connectivity index (χ1n) is 5.11. The van der Waals surface area contributed by atoms with Crippen molar-refractivity contribution >= 4 is 31.9 Å². The third kappa shape index (κ3) is 2.82. The molecule has 1 aromatic heterocycles. The summed E-state index contributed by atoms with van der Waals surface area (Å²) in [6.07, 6.45) is 1.48. The van der Waals surface area contributed by atoms with Gasteiger partial charge in [-0.05, 0) is 44.0 Å². The van der Waals surface area contributed by atoms with E-state index in [1.807, 2.05) is 0 Å². The summed E-state index contributed by atoms with van der Waals surface area (Å²) in [5, 5.41) is 0. The van der Waals surface area contributed by atoms with Gasteiger partial charge >= 0.3 is 0 Å². The van der Waals surface area contributed by atoms with Crippen molar-refractivity contribution in [3.8, 4) is 0 Å². The van der Waals surface area contributed by atoms with Gasteiger partial charge in [0.25, 0.3) is 0 Å². The van der Waals surface area contributed by atoms with Crippen LogP contribution in [0.25, 0.3) is 0 Å².